The fourth-order valence-electron chi connectivity index (χ4n) is 4.17. The Labute approximate surface area is 239 Å². The topological polar surface area (TPSA) is 168 Å². The minimum absolute atomic E-state index is 0.0105. The SMILES string of the molecule is O=[C]COCCOCCNC(=O)CC[C@H](NC(=O)CCCCCCCCCCCCCCCCC(=O)O)C(=O)O. The second-order valence-corrected chi connectivity index (χ2v) is 10.00. The Kier molecular flexibility index (Phi) is 26.2. The van der Waals surface area contributed by atoms with Gasteiger partial charge in [0.25, 0.3) is 0 Å². The Morgan fingerprint density at radius 3 is 1.62 bits per heavy atom. The van der Waals surface area contributed by atoms with Gasteiger partial charge in [0.2, 0.25) is 18.1 Å². The molecule has 0 aliphatic carbocycles. The molecule has 0 aromatic rings. The number of hydrogen-bond acceptors (Lipinski definition) is 7. The molecule has 4 N–H and O–H groups in total. The maximum absolute atomic E-state index is 12.2. The lowest BCUT2D eigenvalue weighted by atomic mass is 10.0. The molecule has 0 spiro atoms. The Balaban J connectivity index is 3.64. The number of carbonyl (C=O) groups excluding carboxylic acids is 3. The first kappa shape index (κ1) is 37.5. The second-order valence-electron chi connectivity index (χ2n) is 10.00. The van der Waals surface area contributed by atoms with Gasteiger partial charge in [-0.1, -0.05) is 77.0 Å². The third-order valence-corrected chi connectivity index (χ3v) is 6.44. The first-order valence-electron chi connectivity index (χ1n) is 14.9. The van der Waals surface area contributed by atoms with Crippen molar-refractivity contribution in [2.45, 2.75) is 122 Å². The molecule has 0 aromatic heterocycles. The molecule has 0 saturated carbocycles. The number of aliphatic carboxylic acids is 2. The standard InChI is InChI=1S/C29H51N2O9/c32-20-22-40-24-23-39-21-19-30-26(33)18-17-25(29(37)38)31-27(34)15-13-11-9-7-5-3-1-2-4-6-8-10-12-14-16-28(35)36/h25H,1-19,21-24H2,(H,30,33)(H,31,34)(H,35,36)(H,37,38)/t25-/m0/s1. The van der Waals surface area contributed by atoms with Gasteiger partial charge in [0.05, 0.1) is 19.8 Å². The number of hydrogen-bond donors (Lipinski definition) is 4. The lowest BCUT2D eigenvalue weighted by Crippen LogP contribution is -2.41. The van der Waals surface area contributed by atoms with Crippen molar-refractivity contribution in [3.63, 3.8) is 0 Å². The van der Waals surface area contributed by atoms with Gasteiger partial charge in [-0.15, -0.1) is 0 Å². The number of carbonyl (C=O) groups is 4. The van der Waals surface area contributed by atoms with Crippen molar-refractivity contribution in [2.75, 3.05) is 33.0 Å². The van der Waals surface area contributed by atoms with E-state index >= 15 is 0 Å². The normalized spacial score (nSPS) is 11.6. The molecule has 231 valence electrons. The molecule has 40 heavy (non-hydrogen) atoms. The number of rotatable bonds is 30. The Morgan fingerprint density at radius 1 is 0.625 bits per heavy atom. The quantitative estimate of drug-likeness (QED) is 0.0934. The zero-order chi connectivity index (χ0) is 29.7. The number of nitrogens with one attached hydrogen (secondary N) is 2. The van der Waals surface area contributed by atoms with Gasteiger partial charge in [-0.3, -0.25) is 19.2 Å². The lowest BCUT2D eigenvalue weighted by molar-refractivity contribution is -0.142. The van der Waals surface area contributed by atoms with E-state index in [1.807, 2.05) is 0 Å². The molecular weight excluding hydrogens is 520 g/mol. The highest BCUT2D eigenvalue weighted by molar-refractivity contribution is 5.84. The van der Waals surface area contributed by atoms with E-state index in [1.165, 1.54) is 44.9 Å². The molecule has 11 nitrogen and oxygen atoms in total. The molecule has 0 aliphatic rings. The summed E-state index contributed by atoms with van der Waals surface area (Å²) in [5.74, 6) is -2.49. The van der Waals surface area contributed by atoms with E-state index in [1.54, 1.807) is 6.29 Å². The van der Waals surface area contributed by atoms with Crippen LogP contribution < -0.4 is 10.6 Å². The van der Waals surface area contributed by atoms with Crippen LogP contribution in [0.4, 0.5) is 0 Å². The molecule has 0 saturated heterocycles. The first-order valence-corrected chi connectivity index (χ1v) is 14.9. The van der Waals surface area contributed by atoms with Crippen LogP contribution in [0.15, 0.2) is 0 Å². The zero-order valence-electron chi connectivity index (χ0n) is 24.1. The number of amides is 2. The van der Waals surface area contributed by atoms with Crippen LogP contribution >= 0.6 is 0 Å². The lowest BCUT2D eigenvalue weighted by Gasteiger charge is -2.14. The van der Waals surface area contributed by atoms with Crippen molar-refractivity contribution < 1.29 is 43.7 Å². The molecule has 0 bridgehead atoms. The van der Waals surface area contributed by atoms with Gasteiger partial charge in [-0.25, -0.2) is 4.79 Å². The number of carboxylic acids is 2. The molecule has 0 rings (SSSR count). The average Bonchev–Trinajstić information content (AvgIpc) is 2.91. The second kappa shape index (κ2) is 28.0. The molecule has 0 unspecified atom stereocenters. The maximum atomic E-state index is 12.2. The fourth-order valence-corrected chi connectivity index (χ4v) is 4.17. The predicted molar refractivity (Wildman–Crippen MR) is 151 cm³/mol. The molecular formula is C29H51N2O9. The van der Waals surface area contributed by atoms with Gasteiger partial charge in [0, 0.05) is 25.8 Å². The van der Waals surface area contributed by atoms with E-state index in [0.29, 0.717) is 6.42 Å². The summed E-state index contributed by atoms with van der Waals surface area (Å²) in [6.07, 6.45) is 17.4. The smallest absolute Gasteiger partial charge is 0.326 e. The zero-order valence-corrected chi connectivity index (χ0v) is 24.1. The highest BCUT2D eigenvalue weighted by Crippen LogP contribution is 2.14. The van der Waals surface area contributed by atoms with Crippen LogP contribution in [-0.4, -0.2) is 79.3 Å². The maximum Gasteiger partial charge on any atom is 0.326 e. The third kappa shape index (κ3) is 27.1. The van der Waals surface area contributed by atoms with Crippen molar-refractivity contribution in [3.8, 4) is 0 Å². The summed E-state index contributed by atoms with van der Waals surface area (Å²) in [5.41, 5.74) is 0. The number of unbranched alkanes of at least 4 members (excludes halogenated alkanes) is 13. The molecule has 0 fully saturated rings. The van der Waals surface area contributed by atoms with Crippen LogP contribution in [0, 0.1) is 0 Å². The van der Waals surface area contributed by atoms with Gasteiger partial charge in [-0.05, 0) is 19.3 Å². The van der Waals surface area contributed by atoms with E-state index in [4.69, 9.17) is 14.6 Å². The molecule has 2 amide bonds. The van der Waals surface area contributed by atoms with Gasteiger partial charge in [-0.2, -0.15) is 0 Å². The number of ether oxygens (including phenoxy) is 2. The minimum Gasteiger partial charge on any atom is -0.481 e. The summed E-state index contributed by atoms with van der Waals surface area (Å²) in [6, 6.07) is -1.10. The largest absolute Gasteiger partial charge is 0.481 e. The van der Waals surface area contributed by atoms with Crippen molar-refractivity contribution in [1.82, 2.24) is 10.6 Å². The first-order chi connectivity index (χ1) is 19.4. The minimum atomic E-state index is -1.16. The predicted octanol–water partition coefficient (Wildman–Crippen LogP) is 3.92. The highest BCUT2D eigenvalue weighted by Gasteiger charge is 2.20. The van der Waals surface area contributed by atoms with Crippen LogP contribution in [0.1, 0.15) is 116 Å². The summed E-state index contributed by atoms with van der Waals surface area (Å²) >= 11 is 0. The molecule has 1 radical (unpaired) electrons. The average molecular weight is 572 g/mol. The van der Waals surface area contributed by atoms with E-state index < -0.39 is 18.0 Å². The van der Waals surface area contributed by atoms with Gasteiger partial charge < -0.3 is 30.3 Å². The molecule has 11 heteroatoms. The van der Waals surface area contributed by atoms with Crippen molar-refractivity contribution >= 4 is 30.0 Å². The highest BCUT2D eigenvalue weighted by atomic mass is 16.5. The van der Waals surface area contributed by atoms with Crippen molar-refractivity contribution in [1.29, 1.82) is 0 Å². The Bertz CT molecular complexity index is 688. The van der Waals surface area contributed by atoms with Crippen LogP contribution in [0.25, 0.3) is 0 Å². The van der Waals surface area contributed by atoms with E-state index in [0.717, 1.165) is 38.5 Å². The Morgan fingerprint density at radius 2 is 1.12 bits per heavy atom. The summed E-state index contributed by atoms with van der Waals surface area (Å²) in [7, 11) is 0. The van der Waals surface area contributed by atoms with Gasteiger partial charge in [0.15, 0.2) is 0 Å². The summed E-state index contributed by atoms with van der Waals surface area (Å²) in [4.78, 5) is 56.0. The fraction of sp³-hybridized carbons (Fsp3) is 0.828. The van der Waals surface area contributed by atoms with Crippen LogP contribution in [-0.2, 0) is 33.4 Å². The van der Waals surface area contributed by atoms with Crippen LogP contribution in [0.5, 0.6) is 0 Å². The third-order valence-electron chi connectivity index (χ3n) is 6.44. The molecule has 1 atom stereocenters. The summed E-state index contributed by atoms with van der Waals surface area (Å²) in [6.45, 7) is 0.962. The van der Waals surface area contributed by atoms with Crippen molar-refractivity contribution in [2.24, 2.45) is 0 Å². The van der Waals surface area contributed by atoms with Crippen LogP contribution in [0.3, 0.4) is 0 Å². The van der Waals surface area contributed by atoms with Gasteiger partial charge >= 0.3 is 11.9 Å². The Hall–Kier alpha value is -2.53. The van der Waals surface area contributed by atoms with Crippen LogP contribution in [0.2, 0.25) is 0 Å². The summed E-state index contributed by atoms with van der Waals surface area (Å²) < 4.78 is 10.1. The number of carboxylic acid groups (broad SMARTS) is 2. The monoisotopic (exact) mass is 571 g/mol. The molecule has 0 heterocycles. The summed E-state index contributed by atoms with van der Waals surface area (Å²) in [5, 5.41) is 23.1. The van der Waals surface area contributed by atoms with E-state index in [2.05, 4.69) is 10.6 Å². The van der Waals surface area contributed by atoms with E-state index in [-0.39, 0.29) is 70.5 Å². The van der Waals surface area contributed by atoms with Crippen molar-refractivity contribution in [3.05, 3.63) is 0 Å². The van der Waals surface area contributed by atoms with Gasteiger partial charge in [0.1, 0.15) is 12.6 Å². The molecule has 0 aliphatic heterocycles. The molecule has 0 aromatic carbocycles. The van der Waals surface area contributed by atoms with E-state index in [9.17, 15) is 29.1 Å².